The summed E-state index contributed by atoms with van der Waals surface area (Å²) in [6.45, 7) is 3.07. The minimum absolute atomic E-state index is 0.0483. The van der Waals surface area contributed by atoms with Crippen LogP contribution in [0.3, 0.4) is 0 Å². The van der Waals surface area contributed by atoms with Crippen LogP contribution in [0.2, 0.25) is 0 Å². The van der Waals surface area contributed by atoms with Gasteiger partial charge in [0.25, 0.3) is 11.8 Å². The van der Waals surface area contributed by atoms with Crippen molar-refractivity contribution in [3.8, 4) is 17.0 Å². The molecular formula is C32H32N4O3. The number of unbranched alkanes of at least 4 members (excludes halogenated alkanes) is 2. The quantitative estimate of drug-likeness (QED) is 0.196. The molecule has 5 rings (SSSR count). The minimum Gasteiger partial charge on any atom is -0.497 e. The van der Waals surface area contributed by atoms with Gasteiger partial charge >= 0.3 is 0 Å². The molecule has 2 heterocycles. The van der Waals surface area contributed by atoms with E-state index in [2.05, 4.69) is 15.6 Å². The van der Waals surface area contributed by atoms with Gasteiger partial charge in [-0.3, -0.25) is 9.59 Å². The normalized spacial score (nSPS) is 11.0. The topological polar surface area (TPSA) is 96.1 Å². The Balaban J connectivity index is 1.23. The molecule has 0 fully saturated rings. The van der Waals surface area contributed by atoms with Crippen LogP contribution < -0.4 is 15.4 Å². The van der Waals surface area contributed by atoms with Crippen LogP contribution in [-0.4, -0.2) is 42.0 Å². The lowest BCUT2D eigenvalue weighted by Crippen LogP contribution is -2.26. The second kappa shape index (κ2) is 11.8. The van der Waals surface area contributed by atoms with E-state index in [1.165, 1.54) is 0 Å². The molecule has 0 atom stereocenters. The van der Waals surface area contributed by atoms with Gasteiger partial charge < -0.3 is 20.4 Å². The van der Waals surface area contributed by atoms with E-state index in [1.807, 2.05) is 85.8 Å². The van der Waals surface area contributed by atoms with Gasteiger partial charge in [-0.05, 0) is 74.2 Å². The van der Waals surface area contributed by atoms with Gasteiger partial charge in [0.05, 0.1) is 18.3 Å². The second-order valence-electron chi connectivity index (χ2n) is 9.57. The van der Waals surface area contributed by atoms with Gasteiger partial charge in [0.2, 0.25) is 0 Å². The Labute approximate surface area is 227 Å². The zero-order chi connectivity index (χ0) is 27.2. The van der Waals surface area contributed by atoms with E-state index in [4.69, 9.17) is 9.72 Å². The maximum absolute atomic E-state index is 13.1. The number of carbonyl (C=O) groups excluding carboxylic acids is 2. The average Bonchev–Trinajstić information content (AvgIpc) is 3.35. The summed E-state index contributed by atoms with van der Waals surface area (Å²) in [5, 5.41) is 8.00. The summed E-state index contributed by atoms with van der Waals surface area (Å²) in [5.41, 5.74) is 5.56. The lowest BCUT2D eigenvalue weighted by atomic mass is 10.1. The van der Waals surface area contributed by atoms with Crippen molar-refractivity contribution in [3.05, 3.63) is 95.7 Å². The van der Waals surface area contributed by atoms with Gasteiger partial charge in [-0.2, -0.15) is 0 Å². The van der Waals surface area contributed by atoms with E-state index in [-0.39, 0.29) is 11.8 Å². The highest BCUT2D eigenvalue weighted by atomic mass is 16.5. The second-order valence-corrected chi connectivity index (χ2v) is 9.57. The maximum Gasteiger partial charge on any atom is 0.269 e. The molecule has 0 saturated heterocycles. The van der Waals surface area contributed by atoms with Crippen LogP contribution in [0.1, 0.15) is 45.7 Å². The predicted molar refractivity (Wildman–Crippen MR) is 155 cm³/mol. The number of hydrogen-bond donors (Lipinski definition) is 3. The first kappa shape index (κ1) is 26.0. The van der Waals surface area contributed by atoms with Crippen molar-refractivity contribution in [2.45, 2.75) is 26.2 Å². The molecule has 198 valence electrons. The number of rotatable bonds is 10. The van der Waals surface area contributed by atoms with Crippen molar-refractivity contribution < 1.29 is 14.3 Å². The molecule has 2 aromatic heterocycles. The van der Waals surface area contributed by atoms with Crippen LogP contribution in [0.25, 0.3) is 33.1 Å². The summed E-state index contributed by atoms with van der Waals surface area (Å²) in [4.78, 5) is 33.7. The number of ether oxygens (including phenoxy) is 1. The van der Waals surface area contributed by atoms with Crippen molar-refractivity contribution in [1.29, 1.82) is 0 Å². The largest absolute Gasteiger partial charge is 0.497 e. The molecule has 0 spiro atoms. The average molecular weight is 521 g/mol. The van der Waals surface area contributed by atoms with E-state index in [0.29, 0.717) is 24.3 Å². The first-order valence-electron chi connectivity index (χ1n) is 13.2. The van der Waals surface area contributed by atoms with Gasteiger partial charge in [0, 0.05) is 40.5 Å². The molecule has 2 amide bonds. The molecule has 39 heavy (non-hydrogen) atoms. The summed E-state index contributed by atoms with van der Waals surface area (Å²) in [5.74, 6) is 0.507. The van der Waals surface area contributed by atoms with Crippen LogP contribution in [0.4, 0.5) is 0 Å². The summed E-state index contributed by atoms with van der Waals surface area (Å²) in [6.07, 6.45) is 2.54. The fourth-order valence-corrected chi connectivity index (χ4v) is 4.76. The van der Waals surface area contributed by atoms with E-state index in [1.54, 1.807) is 7.11 Å². The highest BCUT2D eigenvalue weighted by molar-refractivity contribution is 6.13. The number of methoxy groups -OCH3 is 1. The number of carbonyl (C=O) groups is 2. The number of nitrogens with zero attached hydrogens (tertiary/aromatic N) is 1. The SMILES string of the molecule is COc1ccc(-c2nc(C(=O)NCCCCCNC(=O)c3ccccc3C)cc3c2[nH]c2ccccc23)cc1. The molecule has 0 bridgehead atoms. The van der Waals surface area contributed by atoms with Crippen molar-refractivity contribution in [3.63, 3.8) is 0 Å². The molecule has 5 aromatic rings. The summed E-state index contributed by atoms with van der Waals surface area (Å²) >= 11 is 0. The van der Waals surface area contributed by atoms with Gasteiger partial charge in [-0.15, -0.1) is 0 Å². The molecular weight excluding hydrogens is 488 g/mol. The van der Waals surface area contributed by atoms with Gasteiger partial charge in [-0.1, -0.05) is 36.4 Å². The molecule has 3 N–H and O–H groups in total. The zero-order valence-electron chi connectivity index (χ0n) is 22.2. The van der Waals surface area contributed by atoms with Gasteiger partial charge in [0.1, 0.15) is 11.4 Å². The summed E-state index contributed by atoms with van der Waals surface area (Å²) in [6, 6.07) is 25.2. The Morgan fingerprint density at radius 1 is 0.821 bits per heavy atom. The Morgan fingerprint density at radius 3 is 2.26 bits per heavy atom. The molecule has 0 saturated carbocycles. The predicted octanol–water partition coefficient (Wildman–Crippen LogP) is 6.03. The lowest BCUT2D eigenvalue weighted by molar-refractivity contribution is 0.0944. The maximum atomic E-state index is 13.1. The number of nitrogens with one attached hydrogen (secondary N) is 3. The number of H-pyrrole nitrogens is 1. The Hall–Kier alpha value is -4.65. The number of hydrogen-bond acceptors (Lipinski definition) is 4. The fraction of sp³-hybridized carbons (Fsp3) is 0.219. The van der Waals surface area contributed by atoms with E-state index >= 15 is 0 Å². The first-order valence-corrected chi connectivity index (χ1v) is 13.2. The third kappa shape index (κ3) is 5.77. The van der Waals surface area contributed by atoms with E-state index in [9.17, 15) is 9.59 Å². The Bertz CT molecular complexity index is 1620. The summed E-state index contributed by atoms with van der Waals surface area (Å²) in [7, 11) is 1.63. The van der Waals surface area contributed by atoms with Crippen molar-refractivity contribution in [1.82, 2.24) is 20.6 Å². The molecule has 0 unspecified atom stereocenters. The summed E-state index contributed by atoms with van der Waals surface area (Å²) < 4.78 is 5.31. The third-order valence-corrected chi connectivity index (χ3v) is 6.91. The van der Waals surface area contributed by atoms with Crippen LogP contribution in [-0.2, 0) is 0 Å². The molecule has 3 aromatic carbocycles. The molecule has 0 radical (unpaired) electrons. The third-order valence-electron chi connectivity index (χ3n) is 6.91. The minimum atomic E-state index is -0.204. The molecule has 7 nitrogen and oxygen atoms in total. The van der Waals surface area contributed by atoms with Crippen molar-refractivity contribution >= 4 is 33.6 Å². The number of para-hydroxylation sites is 1. The highest BCUT2D eigenvalue weighted by Gasteiger charge is 2.17. The monoisotopic (exact) mass is 520 g/mol. The lowest BCUT2D eigenvalue weighted by Gasteiger charge is -2.10. The molecule has 7 heteroatoms. The smallest absolute Gasteiger partial charge is 0.269 e. The number of aryl methyl sites for hydroxylation is 1. The molecule has 0 aliphatic carbocycles. The standard InChI is InChI=1S/C32H32N4O3/c1-21-10-4-5-11-24(21)31(37)33-18-8-3-9-19-34-32(38)28-20-26-25-12-6-7-13-27(25)35-30(26)29(36-28)22-14-16-23(39-2)17-15-22/h4-7,10-17,20,35H,3,8-9,18-19H2,1-2H3,(H,33,37)(H,34,38). The highest BCUT2D eigenvalue weighted by Crippen LogP contribution is 2.33. The Kier molecular flexibility index (Phi) is 7.87. The molecule has 0 aliphatic rings. The van der Waals surface area contributed by atoms with Gasteiger partial charge in [0.15, 0.2) is 0 Å². The fourth-order valence-electron chi connectivity index (χ4n) is 4.76. The van der Waals surface area contributed by atoms with Crippen LogP contribution in [0.5, 0.6) is 5.75 Å². The number of fused-ring (bicyclic) bond motifs is 3. The number of benzene rings is 3. The van der Waals surface area contributed by atoms with Crippen LogP contribution in [0.15, 0.2) is 78.9 Å². The van der Waals surface area contributed by atoms with E-state index < -0.39 is 0 Å². The van der Waals surface area contributed by atoms with Crippen molar-refractivity contribution in [2.24, 2.45) is 0 Å². The first-order chi connectivity index (χ1) is 19.0. The van der Waals surface area contributed by atoms with Crippen molar-refractivity contribution in [2.75, 3.05) is 20.2 Å². The molecule has 0 aliphatic heterocycles. The van der Waals surface area contributed by atoms with Crippen LogP contribution >= 0.6 is 0 Å². The zero-order valence-corrected chi connectivity index (χ0v) is 22.2. The number of aromatic amines is 1. The number of pyridine rings is 1. The number of amides is 2. The number of aromatic nitrogens is 2. The van der Waals surface area contributed by atoms with E-state index in [0.717, 1.165) is 63.6 Å². The van der Waals surface area contributed by atoms with Gasteiger partial charge in [-0.25, -0.2) is 4.98 Å². The van der Waals surface area contributed by atoms with Crippen LogP contribution in [0, 0.1) is 6.92 Å². The Morgan fingerprint density at radius 2 is 1.51 bits per heavy atom.